The summed E-state index contributed by atoms with van der Waals surface area (Å²) in [5, 5.41) is 12.0. The van der Waals surface area contributed by atoms with Crippen LogP contribution in [0.2, 0.25) is 5.02 Å². The number of nitrogens with zero attached hydrogens (tertiary/aromatic N) is 2. The van der Waals surface area contributed by atoms with Crippen LogP contribution in [0.25, 0.3) is 0 Å². The number of carbonyl (C=O) groups excluding carboxylic acids is 1. The molecule has 3 N–H and O–H groups in total. The molecule has 1 aromatic carbocycles. The molecule has 0 aliphatic rings. The van der Waals surface area contributed by atoms with Crippen molar-refractivity contribution in [1.29, 1.82) is 0 Å². The maximum absolute atomic E-state index is 12.5. The molecule has 1 aromatic rings. The van der Waals surface area contributed by atoms with E-state index < -0.39 is 0 Å². The fourth-order valence-electron chi connectivity index (χ4n) is 1.67. The van der Waals surface area contributed by atoms with Crippen LogP contribution in [-0.2, 0) is 0 Å². The highest BCUT2D eigenvalue weighted by Gasteiger charge is 2.19. The number of amides is 1. The van der Waals surface area contributed by atoms with Gasteiger partial charge in [-0.2, -0.15) is 0 Å². The Morgan fingerprint density at radius 2 is 2.20 bits per heavy atom. The van der Waals surface area contributed by atoms with E-state index in [2.05, 4.69) is 21.1 Å². The van der Waals surface area contributed by atoms with Crippen molar-refractivity contribution in [2.24, 2.45) is 10.9 Å². The first-order valence-corrected chi connectivity index (χ1v) is 7.26. The summed E-state index contributed by atoms with van der Waals surface area (Å²) in [4.78, 5) is 14.1. The van der Waals surface area contributed by atoms with E-state index in [1.165, 1.54) is 0 Å². The molecule has 110 valence electrons. The Hall–Kier alpha value is -1.27. The lowest BCUT2D eigenvalue weighted by Crippen LogP contribution is -2.39. The van der Waals surface area contributed by atoms with E-state index >= 15 is 0 Å². The first-order valence-electron chi connectivity index (χ1n) is 6.09. The summed E-state index contributed by atoms with van der Waals surface area (Å²) in [6.07, 6.45) is 0.315. The van der Waals surface area contributed by atoms with Crippen LogP contribution in [0.3, 0.4) is 0 Å². The topological polar surface area (TPSA) is 78.9 Å². The number of nitrogens with two attached hydrogens (primary N) is 1. The highest BCUT2D eigenvalue weighted by atomic mass is 79.9. The van der Waals surface area contributed by atoms with Crippen LogP contribution in [-0.4, -0.2) is 34.4 Å². The number of rotatable bonds is 5. The third-order valence-electron chi connectivity index (χ3n) is 2.79. The summed E-state index contributed by atoms with van der Waals surface area (Å²) >= 11 is 9.22. The van der Waals surface area contributed by atoms with Crippen molar-refractivity contribution in [1.82, 2.24) is 4.90 Å². The van der Waals surface area contributed by atoms with Gasteiger partial charge in [0.05, 0.1) is 5.02 Å². The smallest absolute Gasteiger partial charge is 0.254 e. The third-order valence-corrected chi connectivity index (χ3v) is 4.00. The molecule has 7 heteroatoms. The van der Waals surface area contributed by atoms with Crippen LogP contribution < -0.4 is 5.73 Å². The molecule has 0 fully saturated rings. The van der Waals surface area contributed by atoms with Gasteiger partial charge in [-0.25, -0.2) is 0 Å². The second-order valence-electron chi connectivity index (χ2n) is 4.56. The first-order chi connectivity index (χ1) is 9.36. The maximum atomic E-state index is 12.5. The van der Waals surface area contributed by atoms with Gasteiger partial charge in [-0.1, -0.05) is 16.8 Å². The molecule has 1 rings (SSSR count). The van der Waals surface area contributed by atoms with Gasteiger partial charge >= 0.3 is 0 Å². The zero-order valence-corrected chi connectivity index (χ0v) is 13.6. The number of halogens is 2. The van der Waals surface area contributed by atoms with Crippen LogP contribution in [0, 0.1) is 0 Å². The average molecular weight is 363 g/mol. The van der Waals surface area contributed by atoms with Gasteiger partial charge in [0.25, 0.3) is 5.91 Å². The van der Waals surface area contributed by atoms with E-state index in [4.69, 9.17) is 22.5 Å². The lowest BCUT2D eigenvalue weighted by atomic mass is 10.1. The molecule has 0 atom stereocenters. The van der Waals surface area contributed by atoms with E-state index in [9.17, 15) is 4.79 Å². The molecule has 20 heavy (non-hydrogen) atoms. The van der Waals surface area contributed by atoms with Crippen LogP contribution in [0.15, 0.2) is 27.8 Å². The van der Waals surface area contributed by atoms with Gasteiger partial charge in [-0.3, -0.25) is 4.79 Å². The van der Waals surface area contributed by atoms with Crippen molar-refractivity contribution in [2.45, 2.75) is 26.3 Å². The van der Waals surface area contributed by atoms with E-state index in [1.54, 1.807) is 23.1 Å². The van der Waals surface area contributed by atoms with Crippen molar-refractivity contribution in [3.63, 3.8) is 0 Å². The third kappa shape index (κ3) is 4.38. The number of amidine groups is 1. The highest BCUT2D eigenvalue weighted by molar-refractivity contribution is 9.10. The van der Waals surface area contributed by atoms with Crippen LogP contribution >= 0.6 is 27.5 Å². The Labute approximate surface area is 131 Å². The average Bonchev–Trinajstić information content (AvgIpc) is 2.41. The number of carbonyl (C=O) groups is 1. The largest absolute Gasteiger partial charge is 0.409 e. The fraction of sp³-hybridized carbons (Fsp3) is 0.385. The normalized spacial score (nSPS) is 11.8. The minimum atomic E-state index is -0.122. The van der Waals surface area contributed by atoms with Gasteiger partial charge < -0.3 is 15.8 Å². The molecule has 0 aromatic heterocycles. The summed E-state index contributed by atoms with van der Waals surface area (Å²) < 4.78 is 0.671. The maximum Gasteiger partial charge on any atom is 0.254 e. The Morgan fingerprint density at radius 1 is 1.55 bits per heavy atom. The second-order valence-corrected chi connectivity index (χ2v) is 5.82. The van der Waals surface area contributed by atoms with Crippen LogP contribution in [0.1, 0.15) is 30.6 Å². The number of oxime groups is 1. The quantitative estimate of drug-likeness (QED) is 0.366. The molecule has 1 amide bonds. The predicted octanol–water partition coefficient (Wildman–Crippen LogP) is 3.09. The lowest BCUT2D eigenvalue weighted by Gasteiger charge is -2.26. The summed E-state index contributed by atoms with van der Waals surface area (Å²) in [5.74, 6) is -0.0242. The summed E-state index contributed by atoms with van der Waals surface area (Å²) in [6.45, 7) is 4.21. The standard InChI is InChI=1S/C13H17BrClN3O2/c1-8(2)18(6-5-12(16)17-20)13(19)9-3-4-11(15)10(14)7-9/h3-4,7-8,20H,5-6H2,1-2H3,(H2,16,17). The molecule has 0 spiro atoms. The van der Waals surface area contributed by atoms with Gasteiger partial charge in [-0.05, 0) is 48.0 Å². The molecule has 5 nitrogen and oxygen atoms in total. The van der Waals surface area contributed by atoms with Gasteiger partial charge in [-0.15, -0.1) is 0 Å². The second kappa shape index (κ2) is 7.50. The minimum Gasteiger partial charge on any atom is -0.409 e. The fourth-order valence-corrected chi connectivity index (χ4v) is 2.17. The van der Waals surface area contributed by atoms with E-state index in [0.717, 1.165) is 0 Å². The van der Waals surface area contributed by atoms with Crippen molar-refractivity contribution in [2.75, 3.05) is 6.54 Å². The van der Waals surface area contributed by atoms with Crippen molar-refractivity contribution in [3.05, 3.63) is 33.3 Å². The molecule has 0 aliphatic heterocycles. The molecule has 0 aliphatic carbocycles. The minimum absolute atomic E-state index is 0.00319. The van der Waals surface area contributed by atoms with Crippen molar-refractivity contribution in [3.8, 4) is 0 Å². The molecule has 0 heterocycles. The Bertz CT molecular complexity index is 520. The molecule has 0 saturated carbocycles. The van der Waals surface area contributed by atoms with E-state index in [-0.39, 0.29) is 17.8 Å². The molecule has 0 bridgehead atoms. The molecular weight excluding hydrogens is 346 g/mol. The Morgan fingerprint density at radius 3 is 2.70 bits per heavy atom. The van der Waals surface area contributed by atoms with E-state index in [0.29, 0.717) is 28.0 Å². The predicted molar refractivity (Wildman–Crippen MR) is 83.4 cm³/mol. The number of hydrogen-bond donors (Lipinski definition) is 2. The van der Waals surface area contributed by atoms with Gasteiger partial charge in [0, 0.05) is 29.0 Å². The monoisotopic (exact) mass is 361 g/mol. The number of benzene rings is 1. The molecule has 0 radical (unpaired) electrons. The van der Waals surface area contributed by atoms with Crippen molar-refractivity contribution < 1.29 is 10.0 Å². The lowest BCUT2D eigenvalue weighted by molar-refractivity contribution is 0.0711. The molecule has 0 unspecified atom stereocenters. The zero-order chi connectivity index (χ0) is 15.3. The Kier molecular flexibility index (Phi) is 6.29. The van der Waals surface area contributed by atoms with Crippen LogP contribution in [0.5, 0.6) is 0 Å². The zero-order valence-electron chi connectivity index (χ0n) is 11.3. The summed E-state index contributed by atoms with van der Waals surface area (Å²) in [7, 11) is 0. The highest BCUT2D eigenvalue weighted by Crippen LogP contribution is 2.24. The Balaban J connectivity index is 2.90. The number of hydrogen-bond acceptors (Lipinski definition) is 3. The molecule has 0 saturated heterocycles. The van der Waals surface area contributed by atoms with E-state index in [1.807, 2.05) is 13.8 Å². The molecular formula is C13H17BrClN3O2. The van der Waals surface area contributed by atoms with Gasteiger partial charge in [0.2, 0.25) is 0 Å². The SMILES string of the molecule is CC(C)N(CC/C(N)=N/O)C(=O)c1ccc(Cl)c(Br)c1. The van der Waals surface area contributed by atoms with Gasteiger partial charge in [0.1, 0.15) is 5.84 Å². The van der Waals surface area contributed by atoms with Crippen molar-refractivity contribution >= 4 is 39.3 Å². The van der Waals surface area contributed by atoms with Crippen LogP contribution in [0.4, 0.5) is 0 Å². The van der Waals surface area contributed by atoms with Gasteiger partial charge in [0.15, 0.2) is 0 Å². The summed E-state index contributed by atoms with van der Waals surface area (Å²) in [5.41, 5.74) is 5.98. The first kappa shape index (κ1) is 16.8. The summed E-state index contributed by atoms with van der Waals surface area (Å²) in [6, 6.07) is 5.03.